The molecule has 3 heterocycles. The summed E-state index contributed by atoms with van der Waals surface area (Å²) in [5.74, 6) is 2.62. The molecule has 1 amide bonds. The van der Waals surface area contributed by atoms with Gasteiger partial charge in [-0.15, -0.1) is 0 Å². The Kier molecular flexibility index (Phi) is 6.92. The van der Waals surface area contributed by atoms with Gasteiger partial charge in [0.15, 0.2) is 0 Å². The van der Waals surface area contributed by atoms with Crippen molar-refractivity contribution in [3.63, 3.8) is 0 Å². The molecular weight excluding hydrogens is 392 g/mol. The van der Waals surface area contributed by atoms with E-state index in [9.17, 15) is 4.79 Å². The van der Waals surface area contributed by atoms with Gasteiger partial charge in [0.1, 0.15) is 17.3 Å². The number of piperazine rings is 1. The lowest BCUT2D eigenvalue weighted by molar-refractivity contribution is 0.0627. The number of aromatic nitrogens is 1. The molecule has 0 spiro atoms. The normalized spacial score (nSPS) is 17.5. The van der Waals surface area contributed by atoms with Crippen LogP contribution in [0.1, 0.15) is 35.2 Å². The van der Waals surface area contributed by atoms with E-state index in [2.05, 4.69) is 14.8 Å². The summed E-state index contributed by atoms with van der Waals surface area (Å²) < 4.78 is 10.9. The molecule has 2 saturated heterocycles. The highest BCUT2D eigenvalue weighted by atomic mass is 16.5. The van der Waals surface area contributed by atoms with Gasteiger partial charge in [-0.1, -0.05) is 0 Å². The van der Waals surface area contributed by atoms with Crippen LogP contribution in [0.4, 0.5) is 5.82 Å². The maximum Gasteiger partial charge on any atom is 0.257 e. The second-order valence-corrected chi connectivity index (χ2v) is 8.17. The highest BCUT2D eigenvalue weighted by molar-refractivity contribution is 5.99. The van der Waals surface area contributed by atoms with E-state index in [0.29, 0.717) is 13.1 Å². The third-order valence-electron chi connectivity index (χ3n) is 6.21. The van der Waals surface area contributed by atoms with Crippen molar-refractivity contribution in [3.05, 3.63) is 47.7 Å². The van der Waals surface area contributed by atoms with Crippen LogP contribution in [-0.4, -0.2) is 74.2 Å². The van der Waals surface area contributed by atoms with Crippen LogP contribution in [0, 0.1) is 0 Å². The van der Waals surface area contributed by atoms with Crippen LogP contribution in [0.3, 0.4) is 0 Å². The van der Waals surface area contributed by atoms with E-state index in [4.69, 9.17) is 9.47 Å². The number of benzene rings is 1. The molecule has 7 nitrogen and oxygen atoms in total. The van der Waals surface area contributed by atoms with Crippen molar-refractivity contribution in [1.29, 1.82) is 0 Å². The fraction of sp³-hybridized carbons (Fsp3) is 0.500. The first-order valence-corrected chi connectivity index (χ1v) is 11.1. The molecule has 0 aliphatic carbocycles. The Hall–Kier alpha value is -2.80. The average Bonchev–Trinajstić information content (AvgIpc) is 2.84. The maximum absolute atomic E-state index is 13.3. The molecule has 1 aromatic heterocycles. The van der Waals surface area contributed by atoms with Gasteiger partial charge in [0.2, 0.25) is 0 Å². The molecule has 0 radical (unpaired) electrons. The van der Waals surface area contributed by atoms with Gasteiger partial charge >= 0.3 is 0 Å². The van der Waals surface area contributed by atoms with Gasteiger partial charge in [-0.2, -0.15) is 0 Å². The summed E-state index contributed by atoms with van der Waals surface area (Å²) in [5, 5.41) is 0. The number of rotatable bonds is 6. The molecule has 166 valence electrons. The van der Waals surface area contributed by atoms with Crippen molar-refractivity contribution in [2.75, 3.05) is 58.4 Å². The molecule has 2 aromatic rings. The number of pyridine rings is 1. The first-order valence-electron chi connectivity index (χ1n) is 11.1. The molecule has 2 fully saturated rings. The minimum atomic E-state index is 0.0901. The van der Waals surface area contributed by atoms with Crippen LogP contribution < -0.4 is 14.4 Å². The van der Waals surface area contributed by atoms with Crippen LogP contribution in [0.25, 0.3) is 0 Å². The minimum Gasteiger partial charge on any atom is -0.497 e. The van der Waals surface area contributed by atoms with Crippen molar-refractivity contribution in [2.45, 2.75) is 25.8 Å². The van der Waals surface area contributed by atoms with E-state index in [1.54, 1.807) is 20.4 Å². The molecule has 0 bridgehead atoms. The molecule has 1 aromatic carbocycles. The SMILES string of the molecule is COc1ccc(OC)c(CN2CCN(C(=O)c3cccnc3N3CCCCC3)CC2)c1. The summed E-state index contributed by atoms with van der Waals surface area (Å²) in [6.07, 6.45) is 5.38. The number of carbonyl (C=O) groups excluding carboxylic acids is 1. The van der Waals surface area contributed by atoms with E-state index >= 15 is 0 Å². The van der Waals surface area contributed by atoms with Gasteiger partial charge in [0, 0.05) is 57.6 Å². The van der Waals surface area contributed by atoms with Crippen LogP contribution in [-0.2, 0) is 6.54 Å². The monoisotopic (exact) mass is 424 g/mol. The average molecular weight is 425 g/mol. The molecule has 31 heavy (non-hydrogen) atoms. The van der Waals surface area contributed by atoms with Gasteiger partial charge in [-0.25, -0.2) is 4.98 Å². The number of hydrogen-bond acceptors (Lipinski definition) is 6. The lowest BCUT2D eigenvalue weighted by atomic mass is 10.1. The molecule has 2 aliphatic heterocycles. The van der Waals surface area contributed by atoms with E-state index in [1.807, 2.05) is 35.2 Å². The summed E-state index contributed by atoms with van der Waals surface area (Å²) in [7, 11) is 3.36. The van der Waals surface area contributed by atoms with Crippen LogP contribution in [0.5, 0.6) is 11.5 Å². The van der Waals surface area contributed by atoms with Gasteiger partial charge in [-0.3, -0.25) is 9.69 Å². The van der Waals surface area contributed by atoms with Gasteiger partial charge in [-0.05, 0) is 49.6 Å². The Bertz CT molecular complexity index is 890. The lowest BCUT2D eigenvalue weighted by Gasteiger charge is -2.36. The minimum absolute atomic E-state index is 0.0901. The predicted octanol–water partition coefficient (Wildman–Crippen LogP) is 3.05. The molecule has 4 rings (SSSR count). The highest BCUT2D eigenvalue weighted by Crippen LogP contribution is 2.27. The smallest absolute Gasteiger partial charge is 0.257 e. The lowest BCUT2D eigenvalue weighted by Crippen LogP contribution is -2.48. The van der Waals surface area contributed by atoms with Crippen molar-refractivity contribution in [1.82, 2.24) is 14.8 Å². The summed E-state index contributed by atoms with van der Waals surface area (Å²) in [5.41, 5.74) is 1.83. The topological polar surface area (TPSA) is 58.1 Å². The van der Waals surface area contributed by atoms with Crippen molar-refractivity contribution < 1.29 is 14.3 Å². The third-order valence-corrected chi connectivity index (χ3v) is 6.21. The second kappa shape index (κ2) is 10.0. The Balaban J connectivity index is 1.40. The van der Waals surface area contributed by atoms with E-state index in [0.717, 1.165) is 74.0 Å². The fourth-order valence-electron chi connectivity index (χ4n) is 4.45. The van der Waals surface area contributed by atoms with Gasteiger partial charge in [0.25, 0.3) is 5.91 Å². The predicted molar refractivity (Wildman–Crippen MR) is 121 cm³/mol. The Morgan fingerprint density at radius 2 is 1.74 bits per heavy atom. The van der Waals surface area contributed by atoms with Crippen molar-refractivity contribution >= 4 is 11.7 Å². The fourth-order valence-corrected chi connectivity index (χ4v) is 4.45. The van der Waals surface area contributed by atoms with Gasteiger partial charge < -0.3 is 19.3 Å². The van der Waals surface area contributed by atoms with E-state index in [-0.39, 0.29) is 5.91 Å². The van der Waals surface area contributed by atoms with Crippen LogP contribution in [0.2, 0.25) is 0 Å². The second-order valence-electron chi connectivity index (χ2n) is 8.17. The van der Waals surface area contributed by atoms with Crippen LogP contribution in [0.15, 0.2) is 36.5 Å². The zero-order chi connectivity index (χ0) is 21.6. The van der Waals surface area contributed by atoms with Crippen molar-refractivity contribution in [3.8, 4) is 11.5 Å². The number of anilines is 1. The summed E-state index contributed by atoms with van der Waals surface area (Å²) in [6.45, 7) is 5.80. The largest absolute Gasteiger partial charge is 0.497 e. The van der Waals surface area contributed by atoms with Crippen LogP contribution >= 0.6 is 0 Å². The number of methoxy groups -OCH3 is 2. The van der Waals surface area contributed by atoms with E-state index in [1.165, 1.54) is 6.42 Å². The molecule has 2 aliphatic rings. The Morgan fingerprint density at radius 1 is 0.968 bits per heavy atom. The summed E-state index contributed by atoms with van der Waals surface area (Å²) in [4.78, 5) is 24.5. The summed E-state index contributed by atoms with van der Waals surface area (Å²) >= 11 is 0. The standard InChI is InChI=1S/C24H32N4O3/c1-30-20-8-9-22(31-2)19(17-20)18-26-13-15-28(16-14-26)24(29)21-7-6-10-25-23(21)27-11-4-3-5-12-27/h6-10,17H,3-5,11-16,18H2,1-2H3. The number of nitrogens with zero attached hydrogens (tertiary/aromatic N) is 4. The maximum atomic E-state index is 13.3. The molecular formula is C24H32N4O3. The molecule has 0 atom stereocenters. The Morgan fingerprint density at radius 3 is 2.45 bits per heavy atom. The molecule has 0 unspecified atom stereocenters. The van der Waals surface area contributed by atoms with Crippen molar-refractivity contribution in [2.24, 2.45) is 0 Å². The number of piperidine rings is 1. The zero-order valence-corrected chi connectivity index (χ0v) is 18.5. The first kappa shape index (κ1) is 21.4. The summed E-state index contributed by atoms with van der Waals surface area (Å²) in [6, 6.07) is 9.67. The van der Waals surface area contributed by atoms with Gasteiger partial charge in [0.05, 0.1) is 19.8 Å². The quantitative estimate of drug-likeness (QED) is 0.711. The molecule has 0 saturated carbocycles. The zero-order valence-electron chi connectivity index (χ0n) is 18.5. The first-order chi connectivity index (χ1) is 15.2. The highest BCUT2D eigenvalue weighted by Gasteiger charge is 2.26. The van der Waals surface area contributed by atoms with E-state index < -0.39 is 0 Å². The number of carbonyl (C=O) groups is 1. The number of amides is 1. The number of hydrogen-bond donors (Lipinski definition) is 0. The Labute approximate surface area is 184 Å². The number of ether oxygens (including phenoxy) is 2. The molecule has 0 N–H and O–H groups in total. The third kappa shape index (κ3) is 4.93. The molecule has 7 heteroatoms.